The highest BCUT2D eigenvalue weighted by atomic mass is 16.5. The summed E-state index contributed by atoms with van der Waals surface area (Å²) in [6.45, 7) is 1.98. The van der Waals surface area contributed by atoms with Gasteiger partial charge in [-0.3, -0.25) is 4.90 Å². The van der Waals surface area contributed by atoms with Gasteiger partial charge in [-0.2, -0.15) is 0 Å². The van der Waals surface area contributed by atoms with Gasteiger partial charge in [0.15, 0.2) is 0 Å². The van der Waals surface area contributed by atoms with Gasteiger partial charge in [-0.15, -0.1) is 0 Å². The molecule has 0 heterocycles. The van der Waals surface area contributed by atoms with E-state index in [9.17, 15) is 0 Å². The molecule has 0 radical (unpaired) electrons. The molecule has 0 aliphatic carbocycles. The Bertz CT molecular complexity index is 881. The summed E-state index contributed by atoms with van der Waals surface area (Å²) < 4.78 is 32.8. The van der Waals surface area contributed by atoms with Gasteiger partial charge in [0.05, 0.1) is 42.7 Å². The van der Waals surface area contributed by atoms with Crippen molar-refractivity contribution in [1.29, 1.82) is 0 Å². The fourth-order valence-corrected chi connectivity index (χ4v) is 3.82. The van der Waals surface area contributed by atoms with Gasteiger partial charge in [-0.05, 0) is 53.1 Å². The first kappa shape index (κ1) is 25.1. The Balaban J connectivity index is 1.96. The molecule has 0 aromatic heterocycles. The fourth-order valence-electron chi connectivity index (χ4n) is 3.82. The maximum Gasteiger partial charge on any atom is 0.122 e. The highest BCUT2D eigenvalue weighted by Crippen LogP contribution is 2.29. The third kappa shape index (κ3) is 6.71. The summed E-state index contributed by atoms with van der Waals surface area (Å²) in [4.78, 5) is 2.32. The predicted molar refractivity (Wildman–Crippen MR) is 132 cm³/mol. The zero-order chi connectivity index (χ0) is 24.5. The van der Waals surface area contributed by atoms with Crippen LogP contribution in [0, 0.1) is 0 Å². The molecule has 34 heavy (non-hydrogen) atoms. The van der Waals surface area contributed by atoms with Crippen LogP contribution in [0.25, 0.3) is 0 Å². The first-order chi connectivity index (χ1) is 16.5. The second-order valence-electron chi connectivity index (χ2n) is 7.81. The van der Waals surface area contributed by atoms with Crippen molar-refractivity contribution >= 4 is 0 Å². The third-order valence-electron chi connectivity index (χ3n) is 5.45. The molecule has 7 heteroatoms. The van der Waals surface area contributed by atoms with Crippen LogP contribution < -0.4 is 28.4 Å². The first-order valence-corrected chi connectivity index (χ1v) is 10.9. The average Bonchev–Trinajstić information content (AvgIpc) is 2.87. The number of rotatable bonds is 12. The molecule has 0 saturated heterocycles. The Labute approximate surface area is 201 Å². The lowest BCUT2D eigenvalue weighted by atomic mass is 10.1. The van der Waals surface area contributed by atoms with Crippen LogP contribution in [0.3, 0.4) is 0 Å². The summed E-state index contributed by atoms with van der Waals surface area (Å²) in [5.74, 6) is 4.50. The smallest absolute Gasteiger partial charge is 0.122 e. The number of hydrogen-bond acceptors (Lipinski definition) is 7. The minimum atomic E-state index is 0.659. The van der Waals surface area contributed by atoms with Gasteiger partial charge in [-0.1, -0.05) is 0 Å². The number of benzene rings is 3. The standard InChI is InChI=1S/C27H33NO6/c1-29-22-7-19(8-23(13-22)30-2)16-28(17-20-9-24(31-3)14-25(10-20)32-4)18-21-11-26(33-5)15-27(12-21)34-6/h7-15H,16-18H2,1-6H3. The van der Waals surface area contributed by atoms with Gasteiger partial charge in [0.2, 0.25) is 0 Å². The molecule has 3 aromatic rings. The summed E-state index contributed by atoms with van der Waals surface area (Å²) in [6.07, 6.45) is 0. The largest absolute Gasteiger partial charge is 0.497 e. The lowest BCUT2D eigenvalue weighted by Gasteiger charge is -2.24. The number of hydrogen-bond donors (Lipinski definition) is 0. The van der Waals surface area contributed by atoms with Crippen molar-refractivity contribution in [2.24, 2.45) is 0 Å². The maximum atomic E-state index is 5.47. The van der Waals surface area contributed by atoms with Gasteiger partial charge in [0.25, 0.3) is 0 Å². The molecule has 0 saturated carbocycles. The molecule has 0 aliphatic rings. The summed E-state index contributed by atoms with van der Waals surface area (Å²) in [7, 11) is 9.92. The van der Waals surface area contributed by atoms with Crippen LogP contribution in [0.1, 0.15) is 16.7 Å². The molecule has 0 atom stereocenters. The molecule has 3 aromatic carbocycles. The Morgan fingerprint density at radius 1 is 0.382 bits per heavy atom. The van der Waals surface area contributed by atoms with E-state index in [4.69, 9.17) is 28.4 Å². The minimum Gasteiger partial charge on any atom is -0.497 e. The lowest BCUT2D eigenvalue weighted by Crippen LogP contribution is -2.22. The first-order valence-electron chi connectivity index (χ1n) is 10.9. The van der Waals surface area contributed by atoms with Crippen molar-refractivity contribution < 1.29 is 28.4 Å². The van der Waals surface area contributed by atoms with Crippen LogP contribution in [0.2, 0.25) is 0 Å². The SMILES string of the molecule is COc1cc(CN(Cc2cc(OC)cc(OC)c2)Cc2cc(OC)cc(OC)c2)cc(OC)c1. The van der Waals surface area contributed by atoms with E-state index in [2.05, 4.69) is 4.90 Å². The number of ether oxygens (including phenoxy) is 6. The summed E-state index contributed by atoms with van der Waals surface area (Å²) >= 11 is 0. The van der Waals surface area contributed by atoms with Crippen LogP contribution in [0.4, 0.5) is 0 Å². The minimum absolute atomic E-state index is 0.659. The normalized spacial score (nSPS) is 10.7. The van der Waals surface area contributed by atoms with E-state index in [1.165, 1.54) is 0 Å². The van der Waals surface area contributed by atoms with Crippen molar-refractivity contribution in [3.8, 4) is 34.5 Å². The molecular formula is C27H33NO6. The predicted octanol–water partition coefficient (Wildman–Crippen LogP) is 4.94. The monoisotopic (exact) mass is 467 g/mol. The van der Waals surface area contributed by atoms with Gasteiger partial charge in [-0.25, -0.2) is 0 Å². The number of methoxy groups -OCH3 is 6. The van der Waals surface area contributed by atoms with E-state index in [-0.39, 0.29) is 0 Å². The molecule has 0 aliphatic heterocycles. The molecule has 0 unspecified atom stereocenters. The molecule has 7 nitrogen and oxygen atoms in total. The quantitative estimate of drug-likeness (QED) is 0.374. The molecule has 3 rings (SSSR count). The highest BCUT2D eigenvalue weighted by molar-refractivity contribution is 5.41. The van der Waals surface area contributed by atoms with Crippen LogP contribution in [0.15, 0.2) is 54.6 Å². The number of nitrogens with zero attached hydrogens (tertiary/aromatic N) is 1. The Kier molecular flexibility index (Phi) is 8.87. The van der Waals surface area contributed by atoms with Crippen molar-refractivity contribution in [3.63, 3.8) is 0 Å². The zero-order valence-electron chi connectivity index (χ0n) is 20.7. The molecule has 0 N–H and O–H groups in total. The van der Waals surface area contributed by atoms with Crippen LogP contribution in [-0.4, -0.2) is 47.6 Å². The average molecular weight is 468 g/mol. The van der Waals surface area contributed by atoms with Gasteiger partial charge >= 0.3 is 0 Å². The molecule has 0 fully saturated rings. The Morgan fingerprint density at radius 3 is 0.765 bits per heavy atom. The summed E-state index contributed by atoms with van der Waals surface area (Å²) in [6, 6.07) is 17.7. The van der Waals surface area contributed by atoms with Crippen molar-refractivity contribution in [3.05, 3.63) is 71.3 Å². The van der Waals surface area contributed by atoms with Crippen molar-refractivity contribution in [2.45, 2.75) is 19.6 Å². The Hall–Kier alpha value is -3.58. The van der Waals surface area contributed by atoms with Crippen LogP contribution in [0.5, 0.6) is 34.5 Å². The van der Waals surface area contributed by atoms with E-state index in [1.807, 2.05) is 54.6 Å². The van der Waals surface area contributed by atoms with E-state index in [0.29, 0.717) is 19.6 Å². The highest BCUT2D eigenvalue weighted by Gasteiger charge is 2.14. The maximum absolute atomic E-state index is 5.47. The van der Waals surface area contributed by atoms with Gasteiger partial charge in [0.1, 0.15) is 34.5 Å². The van der Waals surface area contributed by atoms with E-state index >= 15 is 0 Å². The van der Waals surface area contributed by atoms with Crippen LogP contribution >= 0.6 is 0 Å². The summed E-state index contributed by atoms with van der Waals surface area (Å²) in [5.41, 5.74) is 3.21. The van der Waals surface area contributed by atoms with Gasteiger partial charge < -0.3 is 28.4 Å². The second-order valence-corrected chi connectivity index (χ2v) is 7.81. The van der Waals surface area contributed by atoms with Crippen molar-refractivity contribution in [1.82, 2.24) is 4.90 Å². The molecule has 0 amide bonds. The fraction of sp³-hybridized carbons (Fsp3) is 0.333. The molecular weight excluding hydrogens is 434 g/mol. The lowest BCUT2D eigenvalue weighted by molar-refractivity contribution is 0.245. The Morgan fingerprint density at radius 2 is 0.588 bits per heavy atom. The van der Waals surface area contributed by atoms with E-state index < -0.39 is 0 Å². The summed E-state index contributed by atoms with van der Waals surface area (Å²) in [5, 5.41) is 0. The van der Waals surface area contributed by atoms with Crippen molar-refractivity contribution in [2.75, 3.05) is 42.7 Å². The molecule has 0 bridgehead atoms. The van der Waals surface area contributed by atoms with Crippen LogP contribution in [-0.2, 0) is 19.6 Å². The van der Waals surface area contributed by atoms with E-state index in [1.54, 1.807) is 42.7 Å². The topological polar surface area (TPSA) is 58.6 Å². The zero-order valence-corrected chi connectivity index (χ0v) is 20.7. The second kappa shape index (κ2) is 12.0. The molecule has 0 spiro atoms. The molecule has 182 valence electrons. The van der Waals surface area contributed by atoms with E-state index in [0.717, 1.165) is 51.2 Å². The van der Waals surface area contributed by atoms with Gasteiger partial charge in [0, 0.05) is 37.8 Å². The third-order valence-corrected chi connectivity index (χ3v) is 5.45.